The summed E-state index contributed by atoms with van der Waals surface area (Å²) in [5.74, 6) is 0.674. The molecule has 0 bridgehead atoms. The van der Waals surface area contributed by atoms with Crippen molar-refractivity contribution in [3.05, 3.63) is 12.7 Å². The minimum absolute atomic E-state index is 0.214. The molecule has 0 aromatic carbocycles. The van der Waals surface area contributed by atoms with E-state index in [0.717, 1.165) is 13.1 Å². The SMILES string of the molecule is C=CCN(CC1CCCCC1N)C(C)(C)C. The summed E-state index contributed by atoms with van der Waals surface area (Å²) in [5.41, 5.74) is 6.43. The standard InChI is InChI=1S/C14H28N2/c1-5-10-16(14(2,3)4)11-12-8-6-7-9-13(12)15/h5,12-13H,1,6-11,15H2,2-4H3. The highest BCUT2D eigenvalue weighted by Crippen LogP contribution is 2.26. The predicted molar refractivity (Wildman–Crippen MR) is 71.5 cm³/mol. The Kier molecular flexibility index (Phi) is 5.00. The molecule has 0 spiro atoms. The molecule has 1 aliphatic rings. The molecule has 1 aliphatic carbocycles. The van der Waals surface area contributed by atoms with E-state index in [9.17, 15) is 0 Å². The largest absolute Gasteiger partial charge is 0.327 e. The Hall–Kier alpha value is -0.340. The number of nitrogens with zero attached hydrogens (tertiary/aromatic N) is 1. The number of hydrogen-bond donors (Lipinski definition) is 1. The molecule has 2 atom stereocenters. The molecule has 0 aliphatic heterocycles. The first-order valence-corrected chi connectivity index (χ1v) is 6.56. The zero-order valence-electron chi connectivity index (χ0n) is 11.2. The first kappa shape index (κ1) is 13.7. The average Bonchev–Trinajstić information content (AvgIpc) is 2.19. The van der Waals surface area contributed by atoms with E-state index in [4.69, 9.17) is 5.73 Å². The molecule has 1 saturated carbocycles. The van der Waals surface area contributed by atoms with Crippen LogP contribution in [0.4, 0.5) is 0 Å². The third-order valence-electron chi connectivity index (χ3n) is 3.72. The predicted octanol–water partition coefficient (Wildman–Crippen LogP) is 2.79. The van der Waals surface area contributed by atoms with Gasteiger partial charge in [0.2, 0.25) is 0 Å². The third-order valence-corrected chi connectivity index (χ3v) is 3.72. The van der Waals surface area contributed by atoms with E-state index in [-0.39, 0.29) is 5.54 Å². The van der Waals surface area contributed by atoms with Crippen molar-refractivity contribution in [2.24, 2.45) is 11.7 Å². The van der Waals surface area contributed by atoms with Crippen LogP contribution in [-0.2, 0) is 0 Å². The van der Waals surface area contributed by atoms with Gasteiger partial charge in [-0.15, -0.1) is 6.58 Å². The molecule has 2 heteroatoms. The van der Waals surface area contributed by atoms with Gasteiger partial charge in [-0.3, -0.25) is 4.90 Å². The molecule has 0 aromatic heterocycles. The number of hydrogen-bond acceptors (Lipinski definition) is 2. The molecule has 0 heterocycles. The molecule has 16 heavy (non-hydrogen) atoms. The van der Waals surface area contributed by atoms with Gasteiger partial charge in [-0.2, -0.15) is 0 Å². The second-order valence-corrected chi connectivity index (χ2v) is 6.07. The maximum Gasteiger partial charge on any atom is 0.0165 e. The molecule has 0 radical (unpaired) electrons. The van der Waals surface area contributed by atoms with Crippen LogP contribution in [0.2, 0.25) is 0 Å². The Bertz CT molecular complexity index is 217. The zero-order valence-corrected chi connectivity index (χ0v) is 11.2. The molecule has 2 unspecified atom stereocenters. The van der Waals surface area contributed by atoms with Gasteiger partial charge >= 0.3 is 0 Å². The lowest BCUT2D eigenvalue weighted by molar-refractivity contribution is 0.108. The Morgan fingerprint density at radius 3 is 2.44 bits per heavy atom. The van der Waals surface area contributed by atoms with E-state index >= 15 is 0 Å². The maximum atomic E-state index is 6.21. The molecule has 2 N–H and O–H groups in total. The van der Waals surface area contributed by atoms with Crippen LogP contribution < -0.4 is 5.73 Å². The fourth-order valence-corrected chi connectivity index (χ4v) is 2.52. The highest BCUT2D eigenvalue weighted by atomic mass is 15.2. The van der Waals surface area contributed by atoms with Gasteiger partial charge in [0.1, 0.15) is 0 Å². The average molecular weight is 224 g/mol. The van der Waals surface area contributed by atoms with Gasteiger partial charge in [-0.1, -0.05) is 18.9 Å². The lowest BCUT2D eigenvalue weighted by atomic mass is 9.84. The summed E-state index contributed by atoms with van der Waals surface area (Å²) < 4.78 is 0. The quantitative estimate of drug-likeness (QED) is 0.744. The number of nitrogens with two attached hydrogens (primary N) is 1. The van der Waals surface area contributed by atoms with Crippen LogP contribution in [0.25, 0.3) is 0 Å². The normalized spacial score (nSPS) is 27.1. The van der Waals surface area contributed by atoms with Crippen LogP contribution in [0.15, 0.2) is 12.7 Å². The van der Waals surface area contributed by atoms with Crippen LogP contribution in [0, 0.1) is 5.92 Å². The van der Waals surface area contributed by atoms with Gasteiger partial charge in [0.05, 0.1) is 0 Å². The van der Waals surface area contributed by atoms with E-state index in [0.29, 0.717) is 12.0 Å². The summed E-state index contributed by atoms with van der Waals surface area (Å²) in [5, 5.41) is 0. The Morgan fingerprint density at radius 2 is 1.94 bits per heavy atom. The summed E-state index contributed by atoms with van der Waals surface area (Å²) >= 11 is 0. The highest BCUT2D eigenvalue weighted by Gasteiger charge is 2.28. The molecule has 2 nitrogen and oxygen atoms in total. The van der Waals surface area contributed by atoms with E-state index < -0.39 is 0 Å². The Morgan fingerprint density at radius 1 is 1.31 bits per heavy atom. The topological polar surface area (TPSA) is 29.3 Å². The number of rotatable bonds is 4. The molecular weight excluding hydrogens is 196 g/mol. The van der Waals surface area contributed by atoms with Gasteiger partial charge in [0.25, 0.3) is 0 Å². The van der Waals surface area contributed by atoms with Crippen LogP contribution in [0.5, 0.6) is 0 Å². The monoisotopic (exact) mass is 224 g/mol. The minimum atomic E-state index is 0.214. The summed E-state index contributed by atoms with van der Waals surface area (Å²) in [6, 6.07) is 0.406. The molecule has 1 fully saturated rings. The smallest absolute Gasteiger partial charge is 0.0165 e. The van der Waals surface area contributed by atoms with E-state index in [2.05, 4.69) is 32.3 Å². The first-order valence-electron chi connectivity index (χ1n) is 6.56. The van der Waals surface area contributed by atoms with Crippen molar-refractivity contribution in [1.82, 2.24) is 4.90 Å². The molecule has 0 aromatic rings. The lowest BCUT2D eigenvalue weighted by Gasteiger charge is -2.40. The summed E-state index contributed by atoms with van der Waals surface area (Å²) in [6.45, 7) is 12.7. The summed E-state index contributed by atoms with van der Waals surface area (Å²) in [4.78, 5) is 2.50. The van der Waals surface area contributed by atoms with E-state index in [1.807, 2.05) is 6.08 Å². The van der Waals surface area contributed by atoms with Crippen molar-refractivity contribution in [1.29, 1.82) is 0 Å². The second kappa shape index (κ2) is 5.83. The maximum absolute atomic E-state index is 6.21. The van der Waals surface area contributed by atoms with Gasteiger partial charge in [-0.05, 0) is 39.5 Å². The van der Waals surface area contributed by atoms with Crippen LogP contribution in [0.1, 0.15) is 46.5 Å². The van der Waals surface area contributed by atoms with Crippen LogP contribution in [-0.4, -0.2) is 29.6 Å². The van der Waals surface area contributed by atoms with Crippen molar-refractivity contribution in [2.75, 3.05) is 13.1 Å². The van der Waals surface area contributed by atoms with Crippen molar-refractivity contribution in [2.45, 2.75) is 58.0 Å². The van der Waals surface area contributed by atoms with Gasteiger partial charge < -0.3 is 5.73 Å². The van der Waals surface area contributed by atoms with Crippen molar-refractivity contribution in [3.63, 3.8) is 0 Å². The highest BCUT2D eigenvalue weighted by molar-refractivity contribution is 4.88. The Balaban J connectivity index is 2.56. The van der Waals surface area contributed by atoms with E-state index in [1.165, 1.54) is 25.7 Å². The second-order valence-electron chi connectivity index (χ2n) is 6.07. The van der Waals surface area contributed by atoms with Crippen molar-refractivity contribution in [3.8, 4) is 0 Å². The van der Waals surface area contributed by atoms with Gasteiger partial charge in [0.15, 0.2) is 0 Å². The molecule has 1 rings (SSSR count). The summed E-state index contributed by atoms with van der Waals surface area (Å²) in [6.07, 6.45) is 7.17. The zero-order chi connectivity index (χ0) is 12.2. The molecule has 0 amide bonds. The van der Waals surface area contributed by atoms with Crippen LogP contribution in [0.3, 0.4) is 0 Å². The molecule has 94 valence electrons. The third kappa shape index (κ3) is 3.91. The van der Waals surface area contributed by atoms with E-state index in [1.54, 1.807) is 0 Å². The lowest BCUT2D eigenvalue weighted by Crippen LogP contribution is -2.48. The summed E-state index contributed by atoms with van der Waals surface area (Å²) in [7, 11) is 0. The fourth-order valence-electron chi connectivity index (χ4n) is 2.52. The van der Waals surface area contributed by atoms with Crippen LogP contribution >= 0.6 is 0 Å². The first-order chi connectivity index (χ1) is 7.45. The van der Waals surface area contributed by atoms with Crippen molar-refractivity contribution < 1.29 is 0 Å². The van der Waals surface area contributed by atoms with Gasteiger partial charge in [-0.25, -0.2) is 0 Å². The Labute approximate surface area is 101 Å². The fraction of sp³-hybridized carbons (Fsp3) is 0.857. The van der Waals surface area contributed by atoms with Gasteiger partial charge in [0, 0.05) is 24.7 Å². The minimum Gasteiger partial charge on any atom is -0.327 e. The molecule has 0 saturated heterocycles. The van der Waals surface area contributed by atoms with Crippen molar-refractivity contribution >= 4 is 0 Å². The molecular formula is C14H28N2.